The Kier molecular flexibility index (Phi) is 8.23. The number of rotatable bonds is 8. The van der Waals surface area contributed by atoms with Gasteiger partial charge in [-0.3, -0.25) is 0 Å². The third kappa shape index (κ3) is 5.61. The number of para-hydroxylation sites is 3. The molecule has 2 heteroatoms. The lowest BCUT2D eigenvalue weighted by molar-refractivity contribution is 0.0217. The van der Waals surface area contributed by atoms with E-state index in [1.807, 2.05) is 0 Å². The van der Waals surface area contributed by atoms with Gasteiger partial charge >= 0.3 is 0 Å². The van der Waals surface area contributed by atoms with Gasteiger partial charge in [-0.05, 0) is 149 Å². The lowest BCUT2D eigenvalue weighted by Crippen LogP contribution is -2.50. The number of benzene rings is 8. The van der Waals surface area contributed by atoms with E-state index >= 15 is 0 Å². The zero-order chi connectivity index (χ0) is 39.8. The van der Waals surface area contributed by atoms with Crippen LogP contribution in [0.4, 0.5) is 17.1 Å². The van der Waals surface area contributed by atoms with E-state index in [0.717, 1.165) is 35.0 Å². The van der Waals surface area contributed by atoms with E-state index in [-0.39, 0.29) is 0 Å². The Morgan fingerprint density at radius 3 is 1.72 bits per heavy atom. The number of aromatic nitrogens is 1. The van der Waals surface area contributed by atoms with Crippen LogP contribution in [0.5, 0.6) is 0 Å². The summed E-state index contributed by atoms with van der Waals surface area (Å²) in [6.45, 7) is 2.52. The topological polar surface area (TPSA) is 8.17 Å². The van der Waals surface area contributed by atoms with Crippen LogP contribution in [-0.2, 0) is 5.41 Å². The summed E-state index contributed by atoms with van der Waals surface area (Å²) in [5.41, 5.74) is 16.2. The molecule has 3 aliphatic carbocycles. The molecule has 1 heterocycles. The quantitative estimate of drug-likeness (QED) is 0.149. The summed E-state index contributed by atoms with van der Waals surface area (Å²) in [6, 6.07) is 74.3. The third-order valence-electron chi connectivity index (χ3n) is 14.8. The van der Waals surface area contributed by atoms with Crippen molar-refractivity contribution in [3.05, 3.63) is 206 Å². The summed E-state index contributed by atoms with van der Waals surface area (Å²) in [5, 5.41) is 2.54. The predicted octanol–water partition coefficient (Wildman–Crippen LogP) is 15.6. The maximum Gasteiger partial charge on any atom is 0.0541 e. The minimum atomic E-state index is 0.352. The van der Waals surface area contributed by atoms with Crippen molar-refractivity contribution in [2.24, 2.45) is 23.7 Å². The van der Waals surface area contributed by atoms with E-state index in [1.54, 1.807) is 5.56 Å². The maximum absolute atomic E-state index is 2.52. The Balaban J connectivity index is 1.03. The summed E-state index contributed by atoms with van der Waals surface area (Å²) in [5.74, 6) is 3.55. The molecule has 0 N–H and O–H groups in total. The molecule has 8 aromatic carbocycles. The number of hydrogen-bond acceptors (Lipinski definition) is 1. The molecule has 12 rings (SSSR count). The van der Waals surface area contributed by atoms with Crippen molar-refractivity contribution < 1.29 is 0 Å². The summed E-state index contributed by atoms with van der Waals surface area (Å²) in [4.78, 5) is 2.49. The molecule has 3 fully saturated rings. The lowest BCUT2D eigenvalue weighted by Gasteiger charge is -2.56. The molecule has 3 aliphatic rings. The normalized spacial score (nSPS) is 21.6. The molecule has 1 aromatic heterocycles. The van der Waals surface area contributed by atoms with Gasteiger partial charge in [0.1, 0.15) is 0 Å². The standard InChI is InChI=1S/C58H48N2/c1-39-37-58(38-46-31-43(39)36-54(46)58)47-27-29-48(30-28-47)59(50-34-44(40-15-4-2-5-16-40)32-45(35-50)41-17-6-3-7-18-41)49-20-14-19-42(33-49)51-21-8-11-24-55(51)60-56-25-12-9-22-52(56)53-23-10-13-26-57(53)60/h2-30,32-35,39,43,46,54H,31,36-38H2,1H3/t39-,43?,46?,54?,58?/m0/s1. The molecule has 9 aromatic rings. The van der Waals surface area contributed by atoms with Gasteiger partial charge in [-0.25, -0.2) is 0 Å². The smallest absolute Gasteiger partial charge is 0.0541 e. The van der Waals surface area contributed by atoms with Gasteiger partial charge in [-0.1, -0.05) is 146 Å². The molecule has 0 aliphatic heterocycles. The molecule has 290 valence electrons. The first-order chi connectivity index (χ1) is 29.6. The fraction of sp³-hybridized carbons (Fsp3) is 0.172. The largest absolute Gasteiger partial charge is 0.310 e. The van der Waals surface area contributed by atoms with E-state index in [2.05, 4.69) is 217 Å². The molecule has 3 saturated carbocycles. The summed E-state index contributed by atoms with van der Waals surface area (Å²) < 4.78 is 2.45. The second-order valence-electron chi connectivity index (χ2n) is 18.0. The average molecular weight is 773 g/mol. The number of anilines is 3. The molecule has 2 bridgehead atoms. The summed E-state index contributed by atoms with van der Waals surface area (Å²) in [6.07, 6.45) is 5.59. The maximum atomic E-state index is 2.52. The second kappa shape index (κ2) is 14.0. The van der Waals surface area contributed by atoms with Crippen molar-refractivity contribution >= 4 is 38.9 Å². The Bertz CT molecular complexity index is 2920. The summed E-state index contributed by atoms with van der Waals surface area (Å²) >= 11 is 0. The molecule has 2 nitrogen and oxygen atoms in total. The first kappa shape index (κ1) is 35.3. The van der Waals surface area contributed by atoms with Gasteiger partial charge in [0.25, 0.3) is 0 Å². The van der Waals surface area contributed by atoms with Crippen molar-refractivity contribution in [1.29, 1.82) is 0 Å². The molecule has 0 saturated heterocycles. The molecular formula is C58H48N2. The predicted molar refractivity (Wildman–Crippen MR) is 252 cm³/mol. The van der Waals surface area contributed by atoms with Gasteiger partial charge in [-0.15, -0.1) is 0 Å². The molecule has 0 radical (unpaired) electrons. The van der Waals surface area contributed by atoms with Crippen LogP contribution in [0.25, 0.3) is 60.9 Å². The van der Waals surface area contributed by atoms with E-state index in [1.165, 1.54) is 92.2 Å². The van der Waals surface area contributed by atoms with Crippen molar-refractivity contribution in [2.45, 2.75) is 38.0 Å². The van der Waals surface area contributed by atoms with Crippen LogP contribution >= 0.6 is 0 Å². The zero-order valence-electron chi connectivity index (χ0n) is 34.1. The van der Waals surface area contributed by atoms with Gasteiger partial charge in [0.2, 0.25) is 0 Å². The van der Waals surface area contributed by atoms with Crippen LogP contribution in [0.15, 0.2) is 200 Å². The van der Waals surface area contributed by atoms with Crippen molar-refractivity contribution in [2.75, 3.05) is 4.90 Å². The Labute approximate surface area is 353 Å². The third-order valence-corrected chi connectivity index (χ3v) is 14.8. The number of fused-ring (bicyclic) bond motifs is 4. The second-order valence-corrected chi connectivity index (χ2v) is 18.0. The average Bonchev–Trinajstić information content (AvgIpc) is 3.75. The number of hydrogen-bond donors (Lipinski definition) is 0. The van der Waals surface area contributed by atoms with Crippen LogP contribution in [0.1, 0.15) is 38.2 Å². The molecule has 60 heavy (non-hydrogen) atoms. The van der Waals surface area contributed by atoms with Gasteiger partial charge in [0, 0.05) is 33.4 Å². The SMILES string of the molecule is C[C@H]1CC2(c3ccc(N(c4cc(-c5ccccc5)cc(-c5ccccc5)c4)c4cccc(-c5ccccc5-n5c6ccccc6c6ccccc65)c4)cc3)CC3CC1CC32. The van der Waals surface area contributed by atoms with E-state index in [9.17, 15) is 0 Å². The molecule has 4 unspecified atom stereocenters. The minimum Gasteiger partial charge on any atom is -0.310 e. The fourth-order valence-corrected chi connectivity index (χ4v) is 12.1. The molecule has 5 atom stereocenters. The Morgan fingerprint density at radius 2 is 1.03 bits per heavy atom. The highest BCUT2D eigenvalue weighted by Crippen LogP contribution is 2.69. The fourth-order valence-electron chi connectivity index (χ4n) is 12.1. The van der Waals surface area contributed by atoms with Crippen LogP contribution in [0, 0.1) is 23.7 Å². The van der Waals surface area contributed by atoms with Gasteiger partial charge < -0.3 is 9.47 Å². The highest BCUT2D eigenvalue weighted by Gasteiger charge is 2.62. The van der Waals surface area contributed by atoms with E-state index < -0.39 is 0 Å². The molecule has 0 spiro atoms. The lowest BCUT2D eigenvalue weighted by atomic mass is 9.48. The Hall–Kier alpha value is -6.64. The van der Waals surface area contributed by atoms with E-state index in [0.29, 0.717) is 5.41 Å². The van der Waals surface area contributed by atoms with Crippen LogP contribution in [0.2, 0.25) is 0 Å². The van der Waals surface area contributed by atoms with Crippen molar-refractivity contribution in [3.63, 3.8) is 0 Å². The molecule has 0 amide bonds. The zero-order valence-corrected chi connectivity index (χ0v) is 34.1. The monoisotopic (exact) mass is 772 g/mol. The van der Waals surface area contributed by atoms with E-state index in [4.69, 9.17) is 0 Å². The Morgan fingerprint density at radius 1 is 0.450 bits per heavy atom. The molecular weight excluding hydrogens is 725 g/mol. The van der Waals surface area contributed by atoms with Gasteiger partial charge in [0.05, 0.1) is 16.7 Å². The van der Waals surface area contributed by atoms with Gasteiger partial charge in [0.15, 0.2) is 0 Å². The number of nitrogens with zero attached hydrogens (tertiary/aromatic N) is 2. The van der Waals surface area contributed by atoms with Gasteiger partial charge in [-0.2, -0.15) is 0 Å². The van der Waals surface area contributed by atoms with Crippen LogP contribution < -0.4 is 4.90 Å². The highest BCUT2D eigenvalue weighted by atomic mass is 15.1. The van der Waals surface area contributed by atoms with Crippen molar-refractivity contribution in [1.82, 2.24) is 4.57 Å². The van der Waals surface area contributed by atoms with Crippen molar-refractivity contribution in [3.8, 4) is 39.1 Å². The first-order valence-corrected chi connectivity index (χ1v) is 22.0. The highest BCUT2D eigenvalue weighted by molar-refractivity contribution is 6.09. The van der Waals surface area contributed by atoms with Crippen LogP contribution in [0.3, 0.4) is 0 Å². The van der Waals surface area contributed by atoms with Crippen LogP contribution in [-0.4, -0.2) is 4.57 Å². The summed E-state index contributed by atoms with van der Waals surface area (Å²) in [7, 11) is 0. The minimum absolute atomic E-state index is 0.352. The first-order valence-electron chi connectivity index (χ1n) is 22.0.